The lowest BCUT2D eigenvalue weighted by Crippen LogP contribution is -2.64. The van der Waals surface area contributed by atoms with E-state index in [4.69, 9.17) is 42.6 Å². The predicted molar refractivity (Wildman–Crippen MR) is 178 cm³/mol. The molecular weight excluding hydrogens is 742 g/mol. The van der Waals surface area contributed by atoms with Crippen LogP contribution < -0.4 is 14.8 Å². The minimum Gasteiger partial charge on any atom is -0.467 e. The Morgan fingerprint density at radius 2 is 1.42 bits per heavy atom. The van der Waals surface area contributed by atoms with E-state index in [-0.39, 0.29) is 17.0 Å². The van der Waals surface area contributed by atoms with Gasteiger partial charge >= 0.3 is 41.8 Å². The summed E-state index contributed by atoms with van der Waals surface area (Å²) in [6, 6.07) is 7.44. The number of amides is 1. The summed E-state index contributed by atoms with van der Waals surface area (Å²) in [4.78, 5) is 96.1. The fourth-order valence-electron chi connectivity index (χ4n) is 4.87. The quantitative estimate of drug-likeness (QED) is 0.100. The highest BCUT2D eigenvalue weighted by atomic mass is 16.7. The van der Waals surface area contributed by atoms with Crippen molar-refractivity contribution in [1.82, 2.24) is 5.32 Å². The van der Waals surface area contributed by atoms with Crippen molar-refractivity contribution in [2.45, 2.75) is 84.0 Å². The molecule has 1 heterocycles. The molecule has 298 valence electrons. The molecule has 0 radical (unpaired) electrons. The summed E-state index contributed by atoms with van der Waals surface area (Å²) in [5.74, 6) is -4.81. The summed E-state index contributed by atoms with van der Waals surface area (Å²) < 4.78 is 47.6. The first kappa shape index (κ1) is 42.8. The number of nitrogens with zero attached hydrogens (tertiary/aromatic N) is 2. The molecule has 0 bridgehead atoms. The molecule has 2 aromatic carbocycles. The topological polar surface area (TPSA) is 284 Å². The van der Waals surface area contributed by atoms with E-state index in [0.717, 1.165) is 64.3 Å². The van der Waals surface area contributed by atoms with Gasteiger partial charge in [-0.05, 0) is 39.0 Å². The number of esters is 4. The molecule has 1 amide bonds. The smallest absolute Gasteiger partial charge is 0.467 e. The van der Waals surface area contributed by atoms with Crippen molar-refractivity contribution in [3.05, 3.63) is 68.3 Å². The summed E-state index contributed by atoms with van der Waals surface area (Å²) in [6.45, 7) is 7.15. The van der Waals surface area contributed by atoms with Crippen molar-refractivity contribution >= 4 is 47.5 Å². The normalized spacial score (nSPS) is 19.7. The first-order valence-corrected chi connectivity index (χ1v) is 16.0. The van der Waals surface area contributed by atoms with Gasteiger partial charge < -0.3 is 47.9 Å². The molecule has 1 saturated heterocycles. The molecular formula is C33H37N3O19. The molecule has 22 heteroatoms. The van der Waals surface area contributed by atoms with Crippen molar-refractivity contribution < 1.29 is 81.2 Å². The lowest BCUT2D eigenvalue weighted by molar-refractivity contribution is -0.387. The van der Waals surface area contributed by atoms with Crippen LogP contribution in [-0.2, 0) is 52.3 Å². The average molecular weight is 780 g/mol. The fraction of sp³-hybridized carbons (Fsp3) is 0.455. The van der Waals surface area contributed by atoms with Crippen LogP contribution in [0.25, 0.3) is 0 Å². The third kappa shape index (κ3) is 12.5. The number of rotatable bonds is 13. The fourth-order valence-corrected chi connectivity index (χ4v) is 4.87. The number of carbonyl (C=O) groups is 6. The van der Waals surface area contributed by atoms with Gasteiger partial charge in [0.2, 0.25) is 12.4 Å². The summed E-state index contributed by atoms with van der Waals surface area (Å²) in [5, 5.41) is 25.7. The van der Waals surface area contributed by atoms with E-state index in [9.17, 15) is 49.0 Å². The molecule has 0 aliphatic carbocycles. The molecule has 22 nitrogen and oxygen atoms in total. The zero-order chi connectivity index (χ0) is 41.2. The van der Waals surface area contributed by atoms with E-state index in [1.54, 1.807) is 20.8 Å². The number of hydrogen-bond acceptors (Lipinski definition) is 19. The van der Waals surface area contributed by atoms with Crippen molar-refractivity contribution in [1.29, 1.82) is 0 Å². The first-order valence-electron chi connectivity index (χ1n) is 16.0. The third-order valence-electron chi connectivity index (χ3n) is 6.95. The number of nitrogens with one attached hydrogen (secondary N) is 1. The highest BCUT2D eigenvalue weighted by Crippen LogP contribution is 2.36. The minimum atomic E-state index is -1.95. The zero-order valence-corrected chi connectivity index (χ0v) is 30.4. The van der Waals surface area contributed by atoms with Gasteiger partial charge in [0.05, 0.1) is 23.5 Å². The number of ether oxygens (including phenoxy) is 9. The Labute approximate surface area is 311 Å². The van der Waals surface area contributed by atoms with Crippen molar-refractivity contribution in [3.63, 3.8) is 0 Å². The molecule has 55 heavy (non-hydrogen) atoms. The molecule has 0 saturated carbocycles. The third-order valence-corrected chi connectivity index (χ3v) is 6.95. The maximum absolute atomic E-state index is 12.8. The van der Waals surface area contributed by atoms with E-state index in [1.165, 1.54) is 6.07 Å². The van der Waals surface area contributed by atoms with Gasteiger partial charge in [-0.1, -0.05) is 6.07 Å². The standard InChI is InChI=1S/C33H37N3O19/c1-16(37)48-25-26(49-17(2)38)28(50-18(3)39)30(54-27(25)29(40)47-7)52-23-13-8-19(14-22(23)36(45)46)24(15-34-31(41)55-33(4,5)6)53-32(42)51-21-11-9-20(10-12-21)35(43)44/h8-14,24-28,30H,15H2,1-7H3,(H,34,41)/t24?,25-,26-,27?,28?,30+/m0/s1. The SMILES string of the molecule is COC(=O)C1O[C@@H](Oc2ccc(C(CNC(=O)OC(C)(C)C)OC(=O)Oc3ccc([N+](=O)[O-])cc3)cc2[N+](=O)[O-])C(OC(C)=O)[C@@H](OC(C)=O)[C@@H]1OC(C)=O. The van der Waals surface area contributed by atoms with E-state index in [1.807, 2.05) is 0 Å². The van der Waals surface area contributed by atoms with E-state index in [0.29, 0.717) is 0 Å². The van der Waals surface area contributed by atoms with Crippen LogP contribution in [0.2, 0.25) is 0 Å². The minimum absolute atomic E-state index is 0.114. The van der Waals surface area contributed by atoms with Crippen molar-refractivity contribution in [3.8, 4) is 11.5 Å². The van der Waals surface area contributed by atoms with E-state index >= 15 is 0 Å². The van der Waals surface area contributed by atoms with Crippen molar-refractivity contribution in [2.75, 3.05) is 13.7 Å². The number of nitro benzene ring substituents is 2. The number of hydrogen-bond donors (Lipinski definition) is 1. The lowest BCUT2D eigenvalue weighted by Gasteiger charge is -2.43. The van der Waals surface area contributed by atoms with Crippen LogP contribution in [0, 0.1) is 20.2 Å². The van der Waals surface area contributed by atoms with Gasteiger partial charge in [-0.3, -0.25) is 34.6 Å². The van der Waals surface area contributed by atoms with Crippen LogP contribution in [0.3, 0.4) is 0 Å². The molecule has 3 unspecified atom stereocenters. The number of carbonyl (C=O) groups excluding carboxylic acids is 6. The Bertz CT molecular complexity index is 1790. The first-order chi connectivity index (χ1) is 25.7. The van der Waals surface area contributed by atoms with Crippen LogP contribution >= 0.6 is 0 Å². The molecule has 6 atom stereocenters. The Morgan fingerprint density at radius 3 is 1.95 bits per heavy atom. The molecule has 0 aromatic heterocycles. The van der Waals surface area contributed by atoms with Crippen LogP contribution in [0.5, 0.6) is 11.5 Å². The number of benzene rings is 2. The van der Waals surface area contributed by atoms with E-state index in [2.05, 4.69) is 5.32 Å². The number of non-ortho nitro benzene ring substituents is 1. The molecule has 1 aliphatic rings. The summed E-state index contributed by atoms with van der Waals surface area (Å²) in [6.07, 6.45) is -12.9. The van der Waals surface area contributed by atoms with Crippen LogP contribution in [-0.4, -0.2) is 95.9 Å². The molecule has 3 rings (SSSR count). The maximum atomic E-state index is 12.8. The van der Waals surface area contributed by atoms with Crippen LogP contribution in [0.15, 0.2) is 42.5 Å². The number of methoxy groups -OCH3 is 1. The zero-order valence-electron chi connectivity index (χ0n) is 30.4. The van der Waals surface area contributed by atoms with Crippen molar-refractivity contribution in [2.24, 2.45) is 0 Å². The number of alkyl carbamates (subject to hydrolysis) is 1. The molecule has 1 N–H and O–H groups in total. The Balaban J connectivity index is 2.03. The highest BCUT2D eigenvalue weighted by molar-refractivity contribution is 5.77. The predicted octanol–water partition coefficient (Wildman–Crippen LogP) is 3.36. The Hall–Kier alpha value is -6.58. The summed E-state index contributed by atoms with van der Waals surface area (Å²) >= 11 is 0. The largest absolute Gasteiger partial charge is 0.514 e. The molecule has 1 fully saturated rings. The second-order valence-electron chi connectivity index (χ2n) is 12.4. The average Bonchev–Trinajstić information content (AvgIpc) is 3.07. The Morgan fingerprint density at radius 1 is 0.836 bits per heavy atom. The maximum Gasteiger partial charge on any atom is 0.514 e. The van der Waals surface area contributed by atoms with Gasteiger partial charge in [-0.15, -0.1) is 0 Å². The van der Waals surface area contributed by atoms with Gasteiger partial charge in [0, 0.05) is 44.5 Å². The van der Waals surface area contributed by atoms with Crippen LogP contribution in [0.4, 0.5) is 21.0 Å². The van der Waals surface area contributed by atoms with Gasteiger partial charge in [-0.2, -0.15) is 0 Å². The second-order valence-corrected chi connectivity index (χ2v) is 12.4. The van der Waals surface area contributed by atoms with Gasteiger partial charge in [0.25, 0.3) is 5.69 Å². The van der Waals surface area contributed by atoms with Gasteiger partial charge in [-0.25, -0.2) is 14.4 Å². The van der Waals surface area contributed by atoms with Gasteiger partial charge in [0.15, 0.2) is 24.1 Å². The highest BCUT2D eigenvalue weighted by Gasteiger charge is 2.56. The van der Waals surface area contributed by atoms with E-state index < -0.39 is 106 Å². The molecule has 0 spiro atoms. The summed E-state index contributed by atoms with van der Waals surface area (Å²) in [7, 11) is 0.965. The number of nitro groups is 2. The van der Waals surface area contributed by atoms with Gasteiger partial charge in [0.1, 0.15) is 17.5 Å². The Kier molecular flexibility index (Phi) is 14.4. The monoisotopic (exact) mass is 779 g/mol. The lowest BCUT2D eigenvalue weighted by atomic mass is 9.97. The molecule has 1 aliphatic heterocycles. The summed E-state index contributed by atoms with van der Waals surface area (Å²) in [5.41, 5.74) is -2.16. The molecule has 2 aromatic rings. The second kappa shape index (κ2) is 18.4. The van der Waals surface area contributed by atoms with Crippen LogP contribution in [0.1, 0.15) is 53.2 Å².